The van der Waals surface area contributed by atoms with Crippen molar-refractivity contribution in [3.05, 3.63) is 0 Å². The molecule has 0 saturated carbocycles. The van der Waals surface area contributed by atoms with Crippen LogP contribution in [0.25, 0.3) is 0 Å². The SMILES string of the molecule is CCN(CCOC)C(CO)C(N)C(C)(C)C. The maximum Gasteiger partial charge on any atom is 0.0602 e. The third-order valence-corrected chi connectivity index (χ3v) is 3.06. The Morgan fingerprint density at radius 2 is 1.94 bits per heavy atom. The van der Waals surface area contributed by atoms with Gasteiger partial charge in [0.25, 0.3) is 0 Å². The van der Waals surface area contributed by atoms with E-state index >= 15 is 0 Å². The van der Waals surface area contributed by atoms with Gasteiger partial charge in [0.2, 0.25) is 0 Å². The molecule has 0 aromatic heterocycles. The van der Waals surface area contributed by atoms with Crippen LogP contribution in [0.2, 0.25) is 0 Å². The highest BCUT2D eigenvalue weighted by atomic mass is 16.5. The molecule has 0 aliphatic rings. The van der Waals surface area contributed by atoms with Crippen molar-refractivity contribution in [3.8, 4) is 0 Å². The number of ether oxygens (including phenoxy) is 1. The molecule has 2 unspecified atom stereocenters. The molecule has 3 N–H and O–H groups in total. The molecule has 0 saturated heterocycles. The summed E-state index contributed by atoms with van der Waals surface area (Å²) in [6.07, 6.45) is 0. The molecule has 4 heteroatoms. The van der Waals surface area contributed by atoms with Gasteiger partial charge in [-0.1, -0.05) is 27.7 Å². The van der Waals surface area contributed by atoms with Gasteiger partial charge in [-0.05, 0) is 12.0 Å². The van der Waals surface area contributed by atoms with Gasteiger partial charge in [-0.25, -0.2) is 0 Å². The van der Waals surface area contributed by atoms with Crippen LogP contribution in [0, 0.1) is 5.41 Å². The Bertz CT molecular complexity index is 180. The van der Waals surface area contributed by atoms with Gasteiger partial charge in [-0.3, -0.25) is 4.90 Å². The largest absolute Gasteiger partial charge is 0.395 e. The van der Waals surface area contributed by atoms with Crippen LogP contribution in [-0.2, 0) is 4.74 Å². The summed E-state index contributed by atoms with van der Waals surface area (Å²) in [7, 11) is 1.69. The van der Waals surface area contributed by atoms with E-state index in [0.29, 0.717) is 6.61 Å². The molecule has 0 rings (SSSR count). The van der Waals surface area contributed by atoms with Crippen molar-refractivity contribution in [2.45, 2.75) is 39.8 Å². The Labute approximate surface area is 99.8 Å². The van der Waals surface area contributed by atoms with Crippen LogP contribution in [0.4, 0.5) is 0 Å². The summed E-state index contributed by atoms with van der Waals surface area (Å²) in [6.45, 7) is 10.8. The van der Waals surface area contributed by atoms with E-state index in [9.17, 15) is 5.11 Å². The lowest BCUT2D eigenvalue weighted by molar-refractivity contribution is 0.0537. The second kappa shape index (κ2) is 7.22. The van der Waals surface area contributed by atoms with E-state index in [-0.39, 0.29) is 24.1 Å². The smallest absolute Gasteiger partial charge is 0.0602 e. The van der Waals surface area contributed by atoms with E-state index in [1.165, 1.54) is 0 Å². The molecule has 0 radical (unpaired) electrons. The first-order valence-corrected chi connectivity index (χ1v) is 5.97. The van der Waals surface area contributed by atoms with Gasteiger partial charge in [0.15, 0.2) is 0 Å². The molecule has 4 nitrogen and oxygen atoms in total. The predicted molar refractivity (Wildman–Crippen MR) is 67.4 cm³/mol. The highest BCUT2D eigenvalue weighted by molar-refractivity contribution is 4.89. The summed E-state index contributed by atoms with van der Waals surface area (Å²) in [6, 6.07) is -0.0468. The van der Waals surface area contributed by atoms with Crippen molar-refractivity contribution in [2.75, 3.05) is 33.4 Å². The molecular formula is C12H28N2O2. The van der Waals surface area contributed by atoms with E-state index in [4.69, 9.17) is 10.5 Å². The molecule has 2 atom stereocenters. The Kier molecular flexibility index (Phi) is 7.15. The van der Waals surface area contributed by atoms with Crippen LogP contribution in [0.3, 0.4) is 0 Å². The molecule has 0 amide bonds. The molecule has 0 bridgehead atoms. The lowest BCUT2D eigenvalue weighted by atomic mass is 9.82. The van der Waals surface area contributed by atoms with Crippen LogP contribution in [0.1, 0.15) is 27.7 Å². The lowest BCUT2D eigenvalue weighted by Crippen LogP contribution is -2.56. The zero-order chi connectivity index (χ0) is 12.8. The molecule has 98 valence electrons. The quantitative estimate of drug-likeness (QED) is 0.678. The van der Waals surface area contributed by atoms with Crippen molar-refractivity contribution in [1.29, 1.82) is 0 Å². The summed E-state index contributed by atoms with van der Waals surface area (Å²) >= 11 is 0. The Morgan fingerprint density at radius 3 is 2.25 bits per heavy atom. The molecule has 16 heavy (non-hydrogen) atoms. The number of hydrogen-bond acceptors (Lipinski definition) is 4. The van der Waals surface area contributed by atoms with Gasteiger partial charge in [0.1, 0.15) is 0 Å². The molecular weight excluding hydrogens is 204 g/mol. The van der Waals surface area contributed by atoms with Crippen molar-refractivity contribution >= 4 is 0 Å². The van der Waals surface area contributed by atoms with Gasteiger partial charge in [-0.2, -0.15) is 0 Å². The predicted octanol–water partition coefficient (Wildman–Crippen LogP) is 0.689. The number of rotatable bonds is 7. The molecule has 0 spiro atoms. The van der Waals surface area contributed by atoms with Gasteiger partial charge in [-0.15, -0.1) is 0 Å². The minimum absolute atomic E-state index is 0.000139. The number of nitrogens with two attached hydrogens (primary N) is 1. The van der Waals surface area contributed by atoms with Gasteiger partial charge in [0.05, 0.1) is 13.2 Å². The average molecular weight is 232 g/mol. The van der Waals surface area contributed by atoms with Crippen molar-refractivity contribution in [1.82, 2.24) is 4.90 Å². The molecule has 0 aliphatic carbocycles. The van der Waals surface area contributed by atoms with E-state index in [1.54, 1.807) is 7.11 Å². The topological polar surface area (TPSA) is 58.7 Å². The normalized spacial score (nSPS) is 16.5. The Hall–Kier alpha value is -0.160. The number of aliphatic hydroxyl groups excluding tert-OH is 1. The monoisotopic (exact) mass is 232 g/mol. The van der Waals surface area contributed by atoms with E-state index in [2.05, 4.69) is 32.6 Å². The summed E-state index contributed by atoms with van der Waals surface area (Å²) in [5.41, 5.74) is 6.21. The van der Waals surface area contributed by atoms with Crippen molar-refractivity contribution in [3.63, 3.8) is 0 Å². The molecule has 0 fully saturated rings. The number of nitrogens with zero attached hydrogens (tertiary/aromatic N) is 1. The number of likely N-dealkylation sites (N-methyl/N-ethyl adjacent to an activating group) is 1. The first kappa shape index (κ1) is 15.8. The summed E-state index contributed by atoms with van der Waals surface area (Å²) in [5, 5.41) is 9.50. The molecule has 0 aromatic rings. The van der Waals surface area contributed by atoms with Crippen LogP contribution in [0.5, 0.6) is 0 Å². The second-order valence-corrected chi connectivity index (χ2v) is 5.26. The number of aliphatic hydroxyl groups is 1. The van der Waals surface area contributed by atoms with Crippen molar-refractivity contribution < 1.29 is 9.84 Å². The first-order chi connectivity index (χ1) is 7.38. The maximum atomic E-state index is 9.50. The van der Waals surface area contributed by atoms with Gasteiger partial charge < -0.3 is 15.6 Å². The fourth-order valence-electron chi connectivity index (χ4n) is 1.80. The Balaban J connectivity index is 4.54. The second-order valence-electron chi connectivity index (χ2n) is 5.26. The highest BCUT2D eigenvalue weighted by Gasteiger charge is 2.31. The first-order valence-electron chi connectivity index (χ1n) is 5.97. The minimum atomic E-state index is -0.0469. The van der Waals surface area contributed by atoms with Crippen LogP contribution in [0.15, 0.2) is 0 Å². The lowest BCUT2D eigenvalue weighted by Gasteiger charge is -2.39. The van der Waals surface area contributed by atoms with Gasteiger partial charge >= 0.3 is 0 Å². The van der Waals surface area contributed by atoms with Crippen LogP contribution >= 0.6 is 0 Å². The standard InChI is InChI=1S/C12H28N2O2/c1-6-14(7-8-16-5)10(9-15)11(13)12(2,3)4/h10-11,15H,6-9,13H2,1-5H3. The number of hydrogen-bond donors (Lipinski definition) is 2. The third-order valence-electron chi connectivity index (χ3n) is 3.06. The van der Waals surface area contributed by atoms with Gasteiger partial charge in [0, 0.05) is 25.7 Å². The zero-order valence-electron chi connectivity index (χ0n) is 11.4. The minimum Gasteiger partial charge on any atom is -0.395 e. The third kappa shape index (κ3) is 4.78. The van der Waals surface area contributed by atoms with E-state index in [0.717, 1.165) is 13.1 Å². The maximum absolute atomic E-state index is 9.50. The highest BCUT2D eigenvalue weighted by Crippen LogP contribution is 2.22. The fraction of sp³-hybridized carbons (Fsp3) is 1.00. The molecule has 0 heterocycles. The van der Waals surface area contributed by atoms with E-state index < -0.39 is 0 Å². The number of methoxy groups -OCH3 is 1. The summed E-state index contributed by atoms with van der Waals surface area (Å²) in [5.74, 6) is 0. The molecule has 0 aromatic carbocycles. The zero-order valence-corrected chi connectivity index (χ0v) is 11.4. The van der Waals surface area contributed by atoms with Crippen LogP contribution in [-0.4, -0.2) is 55.5 Å². The van der Waals surface area contributed by atoms with E-state index in [1.807, 2.05) is 0 Å². The van der Waals surface area contributed by atoms with Crippen molar-refractivity contribution in [2.24, 2.45) is 11.1 Å². The summed E-state index contributed by atoms with van der Waals surface area (Å²) in [4.78, 5) is 2.18. The average Bonchev–Trinajstić information content (AvgIpc) is 2.22. The van der Waals surface area contributed by atoms with Crippen LogP contribution < -0.4 is 5.73 Å². The Morgan fingerprint density at radius 1 is 1.38 bits per heavy atom. The summed E-state index contributed by atoms with van der Waals surface area (Å²) < 4.78 is 5.07. The molecule has 0 aliphatic heterocycles. The fourth-order valence-corrected chi connectivity index (χ4v) is 1.80.